The number of hydrogen-bond acceptors (Lipinski definition) is 2. The summed E-state index contributed by atoms with van der Waals surface area (Å²) in [4.78, 5) is 7.38. The lowest BCUT2D eigenvalue weighted by atomic mass is 10.3. The fraction of sp³-hybridized carbons (Fsp3) is 0. The molecule has 0 aromatic carbocycles. The molecule has 1 N–H and O–H groups in total. The van der Waals surface area contributed by atoms with Gasteiger partial charge >= 0.3 is 0 Å². The number of hydrogen-bond donors (Lipinski definition) is 1. The molecular weight excluding hydrogens is 295 g/mol. The van der Waals surface area contributed by atoms with Crippen molar-refractivity contribution < 1.29 is 0 Å². The number of nitrogens with zero attached hydrogens (tertiary/aromatic N) is 1. The molecule has 2 aromatic rings. The second kappa shape index (κ2) is 4.03. The van der Waals surface area contributed by atoms with Crippen LogP contribution >= 0.6 is 30.1 Å². The average Bonchev–Trinajstić information content (AvgIpc) is 2.61. The van der Waals surface area contributed by atoms with Gasteiger partial charge in [0.1, 0.15) is 11.3 Å². The van der Waals surface area contributed by atoms with Gasteiger partial charge in [-0.05, 0) is 38.3 Å². The van der Waals surface area contributed by atoms with Crippen molar-refractivity contribution in [2.45, 2.75) is 0 Å². The second-order valence-electron chi connectivity index (χ2n) is 2.42. The molecule has 0 aliphatic carbocycles. The zero-order valence-electron chi connectivity index (χ0n) is 6.54. The molecule has 2 rings (SSSR count). The topological polar surface area (TPSA) is 28.7 Å². The molecule has 4 heteroatoms. The highest BCUT2D eigenvalue weighted by Gasteiger charge is 1.95. The van der Waals surface area contributed by atoms with E-state index in [-0.39, 0.29) is 0 Å². The number of rotatable bonds is 0. The zero-order chi connectivity index (χ0) is 9.10. The van der Waals surface area contributed by atoms with Crippen molar-refractivity contribution in [3.8, 4) is 11.2 Å². The van der Waals surface area contributed by atoms with Gasteiger partial charge in [-0.25, -0.2) is 4.98 Å². The minimum atomic E-state index is 0.805. The number of aromatic amines is 1. The van der Waals surface area contributed by atoms with Crippen LogP contribution in [0.4, 0.5) is 0 Å². The van der Waals surface area contributed by atoms with Crippen molar-refractivity contribution in [2.24, 2.45) is 0 Å². The third-order valence-electron chi connectivity index (χ3n) is 1.63. The maximum absolute atomic E-state index is 4.33. The summed E-state index contributed by atoms with van der Waals surface area (Å²) in [7, 11) is 1.46. The molecule has 0 fully saturated rings. The minimum Gasteiger partial charge on any atom is -0.346 e. The van der Waals surface area contributed by atoms with Crippen LogP contribution in [0.15, 0.2) is 24.4 Å². The SMILES string of the molecule is ISC#Cc1ccc2cc[nH]c2n1. The largest absolute Gasteiger partial charge is 0.346 e. The maximum Gasteiger partial charge on any atom is 0.138 e. The van der Waals surface area contributed by atoms with Crippen molar-refractivity contribution in [3.63, 3.8) is 0 Å². The average molecular weight is 300 g/mol. The van der Waals surface area contributed by atoms with Crippen LogP contribution in [0.1, 0.15) is 5.69 Å². The van der Waals surface area contributed by atoms with Gasteiger partial charge in [-0.3, -0.25) is 0 Å². The molecule has 0 radical (unpaired) electrons. The predicted octanol–water partition coefficient (Wildman–Crippen LogP) is 2.96. The fourth-order valence-corrected chi connectivity index (χ4v) is 1.55. The normalized spacial score (nSPS) is 9.62. The Morgan fingerprint density at radius 2 is 2.31 bits per heavy atom. The van der Waals surface area contributed by atoms with Crippen molar-refractivity contribution in [2.75, 3.05) is 0 Å². The van der Waals surface area contributed by atoms with Crippen LogP contribution < -0.4 is 0 Å². The van der Waals surface area contributed by atoms with E-state index in [4.69, 9.17) is 0 Å². The third kappa shape index (κ3) is 1.98. The monoisotopic (exact) mass is 300 g/mol. The molecule has 13 heavy (non-hydrogen) atoms. The molecule has 0 saturated heterocycles. The van der Waals surface area contributed by atoms with E-state index in [9.17, 15) is 0 Å². The Bertz CT molecular complexity index is 481. The molecule has 0 bridgehead atoms. The highest BCUT2D eigenvalue weighted by molar-refractivity contribution is 14.2. The van der Waals surface area contributed by atoms with Gasteiger partial charge in [-0.15, -0.1) is 0 Å². The molecule has 0 amide bonds. The quantitative estimate of drug-likeness (QED) is 0.598. The fourth-order valence-electron chi connectivity index (χ4n) is 1.07. The van der Waals surface area contributed by atoms with Crippen LogP contribution in [-0.2, 0) is 0 Å². The Morgan fingerprint density at radius 1 is 1.38 bits per heavy atom. The number of H-pyrrole nitrogens is 1. The first-order chi connectivity index (χ1) is 6.40. The highest BCUT2D eigenvalue weighted by atomic mass is 127. The van der Waals surface area contributed by atoms with Crippen LogP contribution in [0.3, 0.4) is 0 Å². The van der Waals surface area contributed by atoms with Crippen molar-refractivity contribution >= 4 is 41.2 Å². The first-order valence-electron chi connectivity index (χ1n) is 3.63. The molecule has 2 aromatic heterocycles. The first-order valence-corrected chi connectivity index (χ1v) is 6.99. The molecular formula is C9H5IN2S. The van der Waals surface area contributed by atoms with E-state index in [0.29, 0.717) is 0 Å². The van der Waals surface area contributed by atoms with Gasteiger partial charge in [0.2, 0.25) is 0 Å². The van der Waals surface area contributed by atoms with E-state index in [0.717, 1.165) is 16.7 Å². The Kier molecular flexibility index (Phi) is 2.76. The lowest BCUT2D eigenvalue weighted by Gasteiger charge is -1.89. The molecule has 0 spiro atoms. The number of fused-ring (bicyclic) bond motifs is 1. The van der Waals surface area contributed by atoms with Gasteiger partial charge in [0, 0.05) is 32.8 Å². The third-order valence-corrected chi connectivity index (χ3v) is 2.47. The molecule has 2 nitrogen and oxygen atoms in total. The summed E-state index contributed by atoms with van der Waals surface area (Å²) in [6.45, 7) is 0. The van der Waals surface area contributed by atoms with Crippen LogP contribution in [0, 0.1) is 11.2 Å². The standard InChI is InChI=1S/C9H5IN2S/c10-13-6-4-8-2-1-7-3-5-11-9(7)12-8/h1-3,5H,(H,11,12). The van der Waals surface area contributed by atoms with Gasteiger partial charge < -0.3 is 4.98 Å². The minimum absolute atomic E-state index is 0.805. The van der Waals surface area contributed by atoms with Gasteiger partial charge in [-0.2, -0.15) is 0 Å². The summed E-state index contributed by atoms with van der Waals surface area (Å²) in [5.41, 5.74) is 1.70. The van der Waals surface area contributed by atoms with Gasteiger partial charge in [-0.1, -0.05) is 0 Å². The molecule has 0 aliphatic heterocycles. The molecule has 0 atom stereocenters. The predicted molar refractivity (Wildman–Crippen MR) is 64.6 cm³/mol. The summed E-state index contributed by atoms with van der Waals surface area (Å²) in [6.07, 6.45) is 1.88. The Hall–Kier alpha value is -0.670. The summed E-state index contributed by atoms with van der Waals surface area (Å²) in [5.74, 6) is 2.95. The lowest BCUT2D eigenvalue weighted by molar-refractivity contribution is 1.30. The smallest absolute Gasteiger partial charge is 0.138 e. The Labute approximate surface area is 92.1 Å². The second-order valence-corrected chi connectivity index (χ2v) is 4.10. The van der Waals surface area contributed by atoms with E-state index in [1.165, 1.54) is 8.93 Å². The van der Waals surface area contributed by atoms with Gasteiger partial charge in [0.15, 0.2) is 0 Å². The highest BCUT2D eigenvalue weighted by Crippen LogP contribution is 2.11. The molecule has 2 heterocycles. The Morgan fingerprint density at radius 3 is 3.15 bits per heavy atom. The summed E-state index contributed by atoms with van der Waals surface area (Å²) >= 11 is 2.14. The number of aromatic nitrogens is 2. The Balaban J connectivity index is 2.48. The van der Waals surface area contributed by atoms with Crippen molar-refractivity contribution in [1.29, 1.82) is 0 Å². The van der Waals surface area contributed by atoms with E-state index in [1.54, 1.807) is 0 Å². The van der Waals surface area contributed by atoms with Gasteiger partial charge in [0.25, 0.3) is 0 Å². The van der Waals surface area contributed by atoms with E-state index in [2.05, 4.69) is 42.3 Å². The summed E-state index contributed by atoms with van der Waals surface area (Å²) in [5, 5.41) is 4.02. The van der Waals surface area contributed by atoms with E-state index >= 15 is 0 Å². The van der Waals surface area contributed by atoms with Crippen LogP contribution in [0.25, 0.3) is 11.0 Å². The van der Waals surface area contributed by atoms with Crippen LogP contribution in [0.2, 0.25) is 0 Å². The van der Waals surface area contributed by atoms with Gasteiger partial charge in [0.05, 0.1) is 0 Å². The van der Waals surface area contributed by atoms with E-state index in [1.807, 2.05) is 24.4 Å². The zero-order valence-corrected chi connectivity index (χ0v) is 9.52. The number of pyridine rings is 1. The lowest BCUT2D eigenvalue weighted by Crippen LogP contribution is -1.81. The van der Waals surface area contributed by atoms with E-state index < -0.39 is 0 Å². The molecule has 0 aliphatic rings. The summed E-state index contributed by atoms with van der Waals surface area (Å²) < 4.78 is 0. The number of halogens is 1. The number of nitrogens with one attached hydrogen (secondary N) is 1. The molecule has 0 saturated carbocycles. The van der Waals surface area contributed by atoms with Crippen molar-refractivity contribution in [1.82, 2.24) is 9.97 Å². The maximum atomic E-state index is 4.33. The summed E-state index contributed by atoms with van der Waals surface area (Å²) in [6, 6.07) is 5.93. The van der Waals surface area contributed by atoms with Crippen LogP contribution in [-0.4, -0.2) is 9.97 Å². The molecule has 0 unspecified atom stereocenters. The van der Waals surface area contributed by atoms with Crippen LogP contribution in [0.5, 0.6) is 0 Å². The first kappa shape index (κ1) is 8.91. The van der Waals surface area contributed by atoms with Crippen molar-refractivity contribution in [3.05, 3.63) is 30.1 Å². The molecule has 64 valence electrons.